The Bertz CT molecular complexity index is 996. The fraction of sp³-hybridized carbons (Fsp3) is 0.0500. The number of anilines is 2. The largest absolute Gasteiger partial charge is 0.337 e. The normalized spacial score (nSPS) is 10.7. The highest BCUT2D eigenvalue weighted by Crippen LogP contribution is 2.28. The first-order valence-electron chi connectivity index (χ1n) is 8.17. The van der Waals surface area contributed by atoms with Crippen LogP contribution in [0.2, 0.25) is 5.02 Å². The Morgan fingerprint density at radius 1 is 0.962 bits per heavy atom. The van der Waals surface area contributed by atoms with E-state index in [2.05, 4.69) is 32.5 Å². The Labute approximate surface area is 156 Å². The van der Waals surface area contributed by atoms with Gasteiger partial charge in [0, 0.05) is 23.0 Å². The topological polar surface area (TPSA) is 55.6 Å². The van der Waals surface area contributed by atoms with Crippen LogP contribution in [0.4, 0.5) is 11.5 Å². The van der Waals surface area contributed by atoms with Crippen LogP contribution in [0.3, 0.4) is 0 Å². The van der Waals surface area contributed by atoms with Gasteiger partial charge in [-0.3, -0.25) is 4.68 Å². The Balaban J connectivity index is 1.56. The second-order valence-electron chi connectivity index (χ2n) is 5.83. The Kier molecular flexibility index (Phi) is 4.62. The van der Waals surface area contributed by atoms with Crippen LogP contribution in [0, 0.1) is 0 Å². The molecule has 2 aromatic carbocycles. The number of hydrogen-bond donors (Lipinski definition) is 1. The fourth-order valence-corrected chi connectivity index (χ4v) is 2.82. The fourth-order valence-electron chi connectivity index (χ4n) is 2.69. The first kappa shape index (κ1) is 16.3. The molecule has 4 rings (SSSR count). The number of rotatable bonds is 5. The van der Waals surface area contributed by atoms with Crippen LogP contribution in [0.25, 0.3) is 11.1 Å². The van der Waals surface area contributed by atoms with Crippen LogP contribution >= 0.6 is 11.6 Å². The van der Waals surface area contributed by atoms with E-state index >= 15 is 0 Å². The second kappa shape index (κ2) is 7.37. The van der Waals surface area contributed by atoms with Crippen molar-refractivity contribution in [3.8, 4) is 11.1 Å². The summed E-state index contributed by atoms with van der Waals surface area (Å²) in [6.07, 6.45) is 7.06. The predicted octanol–water partition coefficient (Wildman–Crippen LogP) is 4.79. The van der Waals surface area contributed by atoms with Gasteiger partial charge in [-0.15, -0.1) is 0 Å². The van der Waals surface area contributed by atoms with Crippen LogP contribution in [-0.2, 0) is 6.54 Å². The second-order valence-corrected chi connectivity index (χ2v) is 6.27. The molecule has 2 aromatic heterocycles. The first-order valence-corrected chi connectivity index (χ1v) is 8.55. The number of nitrogens with one attached hydrogen (secondary N) is 1. The first-order chi connectivity index (χ1) is 12.8. The van der Waals surface area contributed by atoms with Crippen molar-refractivity contribution in [3.05, 3.63) is 90.1 Å². The maximum Gasteiger partial charge on any atom is 0.141 e. The Morgan fingerprint density at radius 3 is 2.58 bits per heavy atom. The Hall–Kier alpha value is -3.18. The molecule has 0 aliphatic heterocycles. The summed E-state index contributed by atoms with van der Waals surface area (Å²) in [5.41, 5.74) is 3.97. The van der Waals surface area contributed by atoms with Crippen molar-refractivity contribution >= 4 is 23.1 Å². The smallest absolute Gasteiger partial charge is 0.141 e. The summed E-state index contributed by atoms with van der Waals surface area (Å²) in [6.45, 7) is 0.719. The molecule has 0 aliphatic carbocycles. The number of nitrogens with zero attached hydrogens (tertiary/aromatic N) is 4. The van der Waals surface area contributed by atoms with Gasteiger partial charge in [0.05, 0.1) is 18.4 Å². The van der Waals surface area contributed by atoms with Crippen molar-refractivity contribution in [2.45, 2.75) is 6.54 Å². The zero-order chi connectivity index (χ0) is 17.8. The van der Waals surface area contributed by atoms with E-state index in [0.29, 0.717) is 5.02 Å². The number of hydrogen-bond acceptors (Lipinski definition) is 4. The van der Waals surface area contributed by atoms with Gasteiger partial charge in [0.2, 0.25) is 0 Å². The molecule has 0 radical (unpaired) electrons. The van der Waals surface area contributed by atoms with Crippen LogP contribution < -0.4 is 5.32 Å². The van der Waals surface area contributed by atoms with Crippen molar-refractivity contribution in [1.29, 1.82) is 0 Å². The van der Waals surface area contributed by atoms with Crippen molar-refractivity contribution in [1.82, 2.24) is 19.7 Å². The third-order valence-corrected chi connectivity index (χ3v) is 4.20. The van der Waals surface area contributed by atoms with Gasteiger partial charge in [-0.25, -0.2) is 9.97 Å². The minimum Gasteiger partial charge on any atom is -0.337 e. The van der Waals surface area contributed by atoms with E-state index in [4.69, 9.17) is 11.6 Å². The lowest BCUT2D eigenvalue weighted by Gasteiger charge is -2.09. The molecule has 0 fully saturated rings. The third kappa shape index (κ3) is 3.73. The number of aromatic nitrogens is 4. The van der Waals surface area contributed by atoms with E-state index in [0.717, 1.165) is 29.2 Å². The zero-order valence-electron chi connectivity index (χ0n) is 13.9. The lowest BCUT2D eigenvalue weighted by atomic mass is 10.1. The summed E-state index contributed by atoms with van der Waals surface area (Å²) < 4.78 is 1.89. The van der Waals surface area contributed by atoms with Gasteiger partial charge < -0.3 is 5.32 Å². The Morgan fingerprint density at radius 2 is 1.77 bits per heavy atom. The lowest BCUT2D eigenvalue weighted by Crippen LogP contribution is -1.99. The standard InChI is InChI=1S/C20H16ClN5/c21-17-8-6-16(7-9-17)19-11-22-14-23-20(19)25-18-10-24-26(13-18)12-15-4-2-1-3-5-15/h1-11,13-14H,12H2,(H,22,23,25). The molecule has 6 heteroatoms. The van der Waals surface area contributed by atoms with E-state index < -0.39 is 0 Å². The van der Waals surface area contributed by atoms with Gasteiger partial charge in [-0.05, 0) is 23.3 Å². The van der Waals surface area contributed by atoms with Gasteiger partial charge in [0.15, 0.2) is 0 Å². The van der Waals surface area contributed by atoms with Crippen molar-refractivity contribution in [3.63, 3.8) is 0 Å². The molecule has 26 heavy (non-hydrogen) atoms. The molecule has 1 N–H and O–H groups in total. The predicted molar refractivity (Wildman–Crippen MR) is 104 cm³/mol. The molecule has 0 amide bonds. The van der Waals surface area contributed by atoms with E-state index in [9.17, 15) is 0 Å². The SMILES string of the molecule is Clc1ccc(-c2cncnc2Nc2cnn(Cc3ccccc3)c2)cc1. The van der Waals surface area contributed by atoms with E-state index in [-0.39, 0.29) is 0 Å². The molecule has 0 saturated carbocycles. The average molecular weight is 362 g/mol. The van der Waals surface area contributed by atoms with E-state index in [1.54, 1.807) is 12.4 Å². The highest BCUT2D eigenvalue weighted by Gasteiger charge is 2.08. The molecule has 0 aliphatic rings. The molecule has 2 heterocycles. The minimum absolute atomic E-state index is 0.697. The highest BCUT2D eigenvalue weighted by atomic mass is 35.5. The maximum absolute atomic E-state index is 5.98. The van der Waals surface area contributed by atoms with Crippen molar-refractivity contribution < 1.29 is 0 Å². The molecule has 128 valence electrons. The zero-order valence-corrected chi connectivity index (χ0v) is 14.6. The van der Waals surface area contributed by atoms with Gasteiger partial charge in [-0.1, -0.05) is 54.1 Å². The summed E-state index contributed by atoms with van der Waals surface area (Å²) in [5, 5.41) is 8.44. The van der Waals surface area contributed by atoms with Gasteiger partial charge >= 0.3 is 0 Å². The molecule has 0 atom stereocenters. The molecule has 0 spiro atoms. The van der Waals surface area contributed by atoms with Crippen LogP contribution in [0.15, 0.2) is 79.5 Å². The molecular weight excluding hydrogens is 346 g/mol. The minimum atomic E-state index is 0.697. The quantitative estimate of drug-likeness (QED) is 0.555. The van der Waals surface area contributed by atoms with Gasteiger partial charge in [-0.2, -0.15) is 5.10 Å². The van der Waals surface area contributed by atoms with Crippen LogP contribution in [0.5, 0.6) is 0 Å². The number of benzene rings is 2. The van der Waals surface area contributed by atoms with Crippen LogP contribution in [0.1, 0.15) is 5.56 Å². The molecule has 5 nitrogen and oxygen atoms in total. The van der Waals surface area contributed by atoms with Crippen molar-refractivity contribution in [2.24, 2.45) is 0 Å². The number of halogens is 1. The van der Waals surface area contributed by atoms with Gasteiger partial charge in [0.1, 0.15) is 12.1 Å². The highest BCUT2D eigenvalue weighted by molar-refractivity contribution is 6.30. The monoisotopic (exact) mass is 361 g/mol. The summed E-state index contributed by atoms with van der Waals surface area (Å²) in [5.74, 6) is 0.724. The summed E-state index contributed by atoms with van der Waals surface area (Å²) >= 11 is 5.98. The summed E-state index contributed by atoms with van der Waals surface area (Å²) in [7, 11) is 0. The van der Waals surface area contributed by atoms with E-state index in [1.807, 2.05) is 53.3 Å². The molecule has 0 bridgehead atoms. The molecular formula is C20H16ClN5. The van der Waals surface area contributed by atoms with Crippen LogP contribution in [-0.4, -0.2) is 19.7 Å². The van der Waals surface area contributed by atoms with Crippen molar-refractivity contribution in [2.75, 3.05) is 5.32 Å². The summed E-state index contributed by atoms with van der Waals surface area (Å²) in [6, 6.07) is 17.8. The maximum atomic E-state index is 5.98. The molecule has 0 saturated heterocycles. The average Bonchev–Trinajstić information content (AvgIpc) is 3.11. The van der Waals surface area contributed by atoms with Gasteiger partial charge in [0.25, 0.3) is 0 Å². The molecule has 0 unspecified atom stereocenters. The molecule has 4 aromatic rings. The lowest BCUT2D eigenvalue weighted by molar-refractivity contribution is 0.687. The van der Waals surface area contributed by atoms with E-state index in [1.165, 1.54) is 11.9 Å². The summed E-state index contributed by atoms with van der Waals surface area (Å²) in [4.78, 5) is 8.52. The third-order valence-electron chi connectivity index (χ3n) is 3.95.